The van der Waals surface area contributed by atoms with E-state index in [9.17, 15) is 0 Å². The van der Waals surface area contributed by atoms with Crippen molar-refractivity contribution in [3.8, 4) is 0 Å². The Bertz CT molecular complexity index is 222. The van der Waals surface area contributed by atoms with Crippen LogP contribution in [-0.4, -0.2) is 49.3 Å². The Balaban J connectivity index is 1.74. The van der Waals surface area contributed by atoms with Crippen molar-refractivity contribution in [1.82, 2.24) is 10.2 Å². The molecule has 100 valence electrons. The van der Waals surface area contributed by atoms with Gasteiger partial charge in [0, 0.05) is 31.7 Å². The molecule has 0 aliphatic carbocycles. The zero-order chi connectivity index (χ0) is 12.1. The predicted octanol–water partition coefficient (Wildman–Crippen LogP) is 2.02. The summed E-state index contributed by atoms with van der Waals surface area (Å²) in [4.78, 5) is 2.63. The molecule has 2 rings (SSSR count). The van der Waals surface area contributed by atoms with Crippen LogP contribution < -0.4 is 5.32 Å². The Morgan fingerprint density at radius 2 is 2.29 bits per heavy atom. The highest BCUT2D eigenvalue weighted by Gasteiger charge is 2.33. The molecule has 0 bridgehead atoms. The molecule has 1 unspecified atom stereocenters. The number of rotatable bonds is 5. The average Bonchev–Trinajstić information content (AvgIpc) is 2.38. The van der Waals surface area contributed by atoms with Crippen molar-refractivity contribution in [1.29, 1.82) is 0 Å². The average molecular weight is 240 g/mol. The summed E-state index contributed by atoms with van der Waals surface area (Å²) in [5.41, 5.74) is 0. The molecule has 0 aromatic heterocycles. The molecule has 2 heterocycles. The van der Waals surface area contributed by atoms with Gasteiger partial charge in [-0.25, -0.2) is 0 Å². The molecular weight excluding hydrogens is 212 g/mol. The van der Waals surface area contributed by atoms with E-state index in [-0.39, 0.29) is 0 Å². The lowest BCUT2D eigenvalue weighted by Gasteiger charge is -2.43. The first-order chi connectivity index (χ1) is 8.31. The van der Waals surface area contributed by atoms with Crippen molar-refractivity contribution in [3.05, 3.63) is 0 Å². The van der Waals surface area contributed by atoms with Gasteiger partial charge in [-0.3, -0.25) is 4.90 Å². The van der Waals surface area contributed by atoms with Crippen LogP contribution >= 0.6 is 0 Å². The molecule has 2 aliphatic heterocycles. The molecule has 17 heavy (non-hydrogen) atoms. The van der Waals surface area contributed by atoms with E-state index in [1.807, 2.05) is 0 Å². The SMILES string of the molecule is CCCCCC(C)N1CC[C@H]2NCCO[C@@H]2C1. The molecule has 2 saturated heterocycles. The third-order valence-electron chi connectivity index (χ3n) is 4.28. The van der Waals surface area contributed by atoms with Crippen LogP contribution in [0, 0.1) is 0 Å². The number of hydrogen-bond donors (Lipinski definition) is 1. The lowest BCUT2D eigenvalue weighted by atomic mass is 9.97. The van der Waals surface area contributed by atoms with E-state index in [0.29, 0.717) is 12.1 Å². The molecule has 0 aromatic rings. The largest absolute Gasteiger partial charge is 0.374 e. The van der Waals surface area contributed by atoms with Crippen molar-refractivity contribution in [2.45, 2.75) is 64.1 Å². The summed E-state index contributed by atoms with van der Waals surface area (Å²) in [6.45, 7) is 8.95. The van der Waals surface area contributed by atoms with E-state index >= 15 is 0 Å². The Kier molecular flexibility index (Phi) is 5.26. The van der Waals surface area contributed by atoms with E-state index in [1.165, 1.54) is 38.6 Å². The van der Waals surface area contributed by atoms with E-state index in [4.69, 9.17) is 4.74 Å². The molecule has 0 amide bonds. The van der Waals surface area contributed by atoms with Crippen molar-refractivity contribution in [3.63, 3.8) is 0 Å². The second-order valence-electron chi connectivity index (χ2n) is 5.60. The minimum Gasteiger partial charge on any atom is -0.374 e. The summed E-state index contributed by atoms with van der Waals surface area (Å²) < 4.78 is 5.88. The predicted molar refractivity (Wildman–Crippen MR) is 71.3 cm³/mol. The molecule has 3 nitrogen and oxygen atoms in total. The standard InChI is InChI=1S/C14H28N2O/c1-3-4-5-6-12(2)16-9-7-13-14(11-16)17-10-8-15-13/h12-15H,3-11H2,1-2H3/t12?,13-,14-/m1/s1. The number of nitrogens with one attached hydrogen (secondary N) is 1. The second kappa shape index (κ2) is 6.72. The van der Waals surface area contributed by atoms with Gasteiger partial charge in [0.25, 0.3) is 0 Å². The number of ether oxygens (including phenoxy) is 1. The van der Waals surface area contributed by atoms with Gasteiger partial charge in [-0.05, 0) is 19.8 Å². The van der Waals surface area contributed by atoms with Crippen LogP contribution in [-0.2, 0) is 4.74 Å². The number of fused-ring (bicyclic) bond motifs is 1. The smallest absolute Gasteiger partial charge is 0.0855 e. The normalized spacial score (nSPS) is 32.1. The molecule has 0 spiro atoms. The number of piperidine rings is 1. The number of likely N-dealkylation sites (tertiary alicyclic amines) is 1. The van der Waals surface area contributed by atoms with Gasteiger partial charge in [0.2, 0.25) is 0 Å². The van der Waals surface area contributed by atoms with Crippen LogP contribution in [0.15, 0.2) is 0 Å². The van der Waals surface area contributed by atoms with E-state index < -0.39 is 0 Å². The zero-order valence-corrected chi connectivity index (χ0v) is 11.5. The van der Waals surface area contributed by atoms with E-state index in [1.54, 1.807) is 0 Å². The summed E-state index contributed by atoms with van der Waals surface area (Å²) in [5.74, 6) is 0. The Morgan fingerprint density at radius 1 is 1.41 bits per heavy atom. The highest BCUT2D eigenvalue weighted by atomic mass is 16.5. The monoisotopic (exact) mass is 240 g/mol. The van der Waals surface area contributed by atoms with E-state index in [0.717, 1.165) is 25.7 Å². The quantitative estimate of drug-likeness (QED) is 0.744. The molecule has 2 aliphatic rings. The maximum Gasteiger partial charge on any atom is 0.0855 e. The minimum atomic E-state index is 0.436. The highest BCUT2D eigenvalue weighted by Crippen LogP contribution is 2.20. The van der Waals surface area contributed by atoms with Crippen LogP contribution in [0.1, 0.15) is 46.0 Å². The Morgan fingerprint density at radius 3 is 3.12 bits per heavy atom. The molecule has 1 N–H and O–H groups in total. The van der Waals surface area contributed by atoms with Crippen LogP contribution in [0.3, 0.4) is 0 Å². The van der Waals surface area contributed by atoms with Gasteiger partial charge in [0.05, 0.1) is 12.7 Å². The van der Waals surface area contributed by atoms with Crippen molar-refractivity contribution in [2.75, 3.05) is 26.2 Å². The van der Waals surface area contributed by atoms with Crippen molar-refractivity contribution in [2.24, 2.45) is 0 Å². The van der Waals surface area contributed by atoms with Gasteiger partial charge < -0.3 is 10.1 Å². The molecule has 3 heteroatoms. The third kappa shape index (κ3) is 3.67. The zero-order valence-electron chi connectivity index (χ0n) is 11.5. The first-order valence-electron chi connectivity index (χ1n) is 7.40. The van der Waals surface area contributed by atoms with Crippen LogP contribution in [0.4, 0.5) is 0 Å². The molecule has 2 fully saturated rings. The number of morpholine rings is 1. The Labute approximate surface area is 106 Å². The highest BCUT2D eigenvalue weighted by molar-refractivity contribution is 4.90. The van der Waals surface area contributed by atoms with Crippen LogP contribution in [0.25, 0.3) is 0 Å². The summed E-state index contributed by atoms with van der Waals surface area (Å²) in [6, 6.07) is 1.34. The molecule has 0 saturated carbocycles. The first kappa shape index (κ1) is 13.3. The second-order valence-corrected chi connectivity index (χ2v) is 5.60. The summed E-state index contributed by atoms with van der Waals surface area (Å²) in [6.07, 6.45) is 7.11. The molecule has 0 radical (unpaired) electrons. The topological polar surface area (TPSA) is 24.5 Å². The summed E-state index contributed by atoms with van der Waals surface area (Å²) >= 11 is 0. The van der Waals surface area contributed by atoms with E-state index in [2.05, 4.69) is 24.1 Å². The number of nitrogens with zero attached hydrogens (tertiary/aromatic N) is 1. The summed E-state index contributed by atoms with van der Waals surface area (Å²) in [5, 5.41) is 3.58. The number of unbranched alkanes of at least 4 members (excludes halogenated alkanes) is 2. The number of hydrogen-bond acceptors (Lipinski definition) is 3. The van der Waals surface area contributed by atoms with Gasteiger partial charge in [-0.1, -0.05) is 26.2 Å². The fourth-order valence-electron chi connectivity index (χ4n) is 3.07. The molecule has 0 aromatic carbocycles. The van der Waals surface area contributed by atoms with Gasteiger partial charge in [-0.2, -0.15) is 0 Å². The van der Waals surface area contributed by atoms with Crippen molar-refractivity contribution >= 4 is 0 Å². The lowest BCUT2D eigenvalue weighted by Crippen LogP contribution is -2.59. The third-order valence-corrected chi connectivity index (χ3v) is 4.28. The molecular formula is C14H28N2O. The maximum absolute atomic E-state index is 5.88. The van der Waals surface area contributed by atoms with Gasteiger partial charge in [0.1, 0.15) is 0 Å². The fraction of sp³-hybridized carbons (Fsp3) is 1.00. The van der Waals surface area contributed by atoms with Gasteiger partial charge in [-0.15, -0.1) is 0 Å². The summed E-state index contributed by atoms with van der Waals surface area (Å²) in [7, 11) is 0. The fourth-order valence-corrected chi connectivity index (χ4v) is 3.07. The maximum atomic E-state index is 5.88. The minimum absolute atomic E-state index is 0.436. The van der Waals surface area contributed by atoms with Gasteiger partial charge >= 0.3 is 0 Å². The van der Waals surface area contributed by atoms with Gasteiger partial charge in [0.15, 0.2) is 0 Å². The van der Waals surface area contributed by atoms with Crippen molar-refractivity contribution < 1.29 is 4.74 Å². The van der Waals surface area contributed by atoms with Crippen LogP contribution in [0.2, 0.25) is 0 Å². The Hall–Kier alpha value is -0.120. The first-order valence-corrected chi connectivity index (χ1v) is 7.40. The molecule has 3 atom stereocenters. The van der Waals surface area contributed by atoms with Crippen LogP contribution in [0.5, 0.6) is 0 Å². The lowest BCUT2D eigenvalue weighted by molar-refractivity contribution is -0.0555.